The van der Waals surface area contributed by atoms with Crippen molar-refractivity contribution < 1.29 is 42.9 Å². The maximum atomic E-state index is 12.9. The number of quaternary nitrogens is 1. The first-order chi connectivity index (χ1) is 37.1. The fourth-order valence-electron chi connectivity index (χ4n) is 7.56. The van der Waals surface area contributed by atoms with Crippen molar-refractivity contribution in [1.82, 2.24) is 0 Å². The van der Waals surface area contributed by atoms with Crippen LogP contribution in [0.2, 0.25) is 0 Å². The number of ether oxygens (including phenoxy) is 4. The first kappa shape index (κ1) is 71.4. The lowest BCUT2D eigenvalue weighted by Gasteiger charge is -2.26. The van der Waals surface area contributed by atoms with E-state index in [0.29, 0.717) is 17.4 Å². The van der Waals surface area contributed by atoms with Crippen LogP contribution < -0.4 is 5.11 Å². The van der Waals surface area contributed by atoms with Gasteiger partial charge in [-0.25, -0.2) is 0 Å². The number of carbonyl (C=O) groups is 3. The molecule has 0 bridgehead atoms. The summed E-state index contributed by atoms with van der Waals surface area (Å²) in [5.74, 6) is -2.36. The van der Waals surface area contributed by atoms with Gasteiger partial charge in [0.2, 0.25) is 0 Å². The van der Waals surface area contributed by atoms with Gasteiger partial charge in [0.15, 0.2) is 12.4 Å². The van der Waals surface area contributed by atoms with Gasteiger partial charge in [0, 0.05) is 12.8 Å². The van der Waals surface area contributed by atoms with Crippen LogP contribution in [0.5, 0.6) is 0 Å². The molecule has 0 fully saturated rings. The average molecular weight is 1060 g/mol. The van der Waals surface area contributed by atoms with E-state index in [2.05, 4.69) is 148 Å². The monoisotopic (exact) mass is 1060 g/mol. The third-order valence-corrected chi connectivity index (χ3v) is 12.1. The summed E-state index contributed by atoms with van der Waals surface area (Å²) >= 11 is 0. The molecule has 0 rings (SSSR count). The van der Waals surface area contributed by atoms with E-state index < -0.39 is 24.3 Å². The molecule has 0 aromatic carbocycles. The van der Waals surface area contributed by atoms with Crippen molar-refractivity contribution >= 4 is 17.9 Å². The van der Waals surface area contributed by atoms with Crippen molar-refractivity contribution in [3.05, 3.63) is 134 Å². The van der Waals surface area contributed by atoms with Gasteiger partial charge in [-0.15, -0.1) is 0 Å². The summed E-state index contributed by atoms with van der Waals surface area (Å²) in [6, 6.07) is 0. The smallest absolute Gasteiger partial charge is 0.306 e. The molecule has 0 saturated carbocycles. The largest absolute Gasteiger partial charge is 0.545 e. The van der Waals surface area contributed by atoms with E-state index in [9.17, 15) is 19.5 Å². The minimum Gasteiger partial charge on any atom is -0.545 e. The summed E-state index contributed by atoms with van der Waals surface area (Å²) in [4.78, 5) is 37.3. The molecule has 0 aliphatic heterocycles. The van der Waals surface area contributed by atoms with Crippen LogP contribution in [-0.2, 0) is 33.3 Å². The fourth-order valence-corrected chi connectivity index (χ4v) is 7.56. The lowest BCUT2D eigenvalue weighted by Crippen LogP contribution is -2.44. The van der Waals surface area contributed by atoms with Crippen LogP contribution in [0, 0.1) is 0 Å². The number of rotatable bonds is 53. The van der Waals surface area contributed by atoms with Crippen LogP contribution in [0.1, 0.15) is 213 Å². The molecule has 0 aromatic rings. The molecule has 9 nitrogen and oxygen atoms in total. The molecule has 0 aliphatic carbocycles. The molecule has 2 atom stereocenters. The van der Waals surface area contributed by atoms with Gasteiger partial charge in [-0.05, 0) is 116 Å². The third kappa shape index (κ3) is 57.1. The van der Waals surface area contributed by atoms with Crippen LogP contribution in [0.3, 0.4) is 0 Å². The van der Waals surface area contributed by atoms with Gasteiger partial charge in [-0.1, -0.05) is 218 Å². The van der Waals surface area contributed by atoms with Crippen LogP contribution in [0.4, 0.5) is 0 Å². The fraction of sp³-hybridized carbons (Fsp3) is 0.627. The molecule has 0 spiro atoms. The first-order valence-electron chi connectivity index (χ1n) is 29.8. The maximum absolute atomic E-state index is 12.9. The zero-order chi connectivity index (χ0) is 55.5. The molecule has 0 heterocycles. The zero-order valence-electron chi connectivity index (χ0n) is 48.8. The summed E-state index contributed by atoms with van der Waals surface area (Å²) in [5, 5.41) is 11.8. The van der Waals surface area contributed by atoms with Crippen molar-refractivity contribution in [3.8, 4) is 0 Å². The Labute approximate surface area is 465 Å². The number of carboxylic acid groups (broad SMARTS) is 1. The Morgan fingerprint density at radius 1 is 0.408 bits per heavy atom. The van der Waals surface area contributed by atoms with Crippen LogP contribution >= 0.6 is 0 Å². The molecule has 0 saturated heterocycles. The number of carbonyl (C=O) groups excluding carboxylic acids is 3. The molecular weight excluding hydrogens is 947 g/mol. The topological polar surface area (TPSA) is 111 Å². The van der Waals surface area contributed by atoms with E-state index in [4.69, 9.17) is 18.9 Å². The predicted molar refractivity (Wildman–Crippen MR) is 319 cm³/mol. The molecular formula is C67H109NO8. The summed E-state index contributed by atoms with van der Waals surface area (Å²) in [7, 11) is 5.89. The van der Waals surface area contributed by atoms with E-state index in [1.807, 2.05) is 21.1 Å². The van der Waals surface area contributed by atoms with Crippen molar-refractivity contribution in [3.63, 3.8) is 0 Å². The number of hydrogen-bond acceptors (Lipinski definition) is 8. The lowest BCUT2D eigenvalue weighted by molar-refractivity contribution is -0.870. The van der Waals surface area contributed by atoms with E-state index in [1.165, 1.54) is 70.6 Å². The normalized spacial score (nSPS) is 13.8. The number of aliphatic carboxylic acids is 1. The van der Waals surface area contributed by atoms with Gasteiger partial charge in [0.1, 0.15) is 13.2 Å². The highest BCUT2D eigenvalue weighted by Crippen LogP contribution is 2.13. The molecule has 0 N–H and O–H groups in total. The number of carboxylic acids is 1. The number of likely N-dealkylation sites (N-methyl/N-ethyl adjacent to an activating group) is 1. The molecule has 0 aliphatic rings. The van der Waals surface area contributed by atoms with Crippen LogP contribution in [0.15, 0.2) is 134 Å². The summed E-state index contributed by atoms with van der Waals surface area (Å²) < 4.78 is 22.6. The maximum Gasteiger partial charge on any atom is 0.306 e. The minimum absolute atomic E-state index is 0.131. The molecule has 0 radical (unpaired) electrons. The Bertz CT molecular complexity index is 1700. The molecule has 9 heteroatoms. The van der Waals surface area contributed by atoms with Gasteiger partial charge in [0.25, 0.3) is 0 Å². The molecule has 2 unspecified atom stereocenters. The van der Waals surface area contributed by atoms with Gasteiger partial charge >= 0.3 is 11.9 Å². The van der Waals surface area contributed by atoms with Crippen molar-refractivity contribution in [2.45, 2.75) is 225 Å². The van der Waals surface area contributed by atoms with Crippen LogP contribution in [0.25, 0.3) is 0 Å². The van der Waals surface area contributed by atoms with Crippen molar-refractivity contribution in [1.29, 1.82) is 0 Å². The van der Waals surface area contributed by atoms with Crippen molar-refractivity contribution in [2.75, 3.05) is 47.5 Å². The van der Waals surface area contributed by atoms with E-state index in [0.717, 1.165) is 109 Å². The van der Waals surface area contributed by atoms with Gasteiger partial charge in [-0.2, -0.15) is 0 Å². The van der Waals surface area contributed by atoms with E-state index in [1.54, 1.807) is 0 Å². The Balaban J connectivity index is 4.37. The Morgan fingerprint density at radius 3 is 1.16 bits per heavy atom. The lowest BCUT2D eigenvalue weighted by atomic mass is 10.1. The summed E-state index contributed by atoms with van der Waals surface area (Å²) in [5.41, 5.74) is 0. The Morgan fingerprint density at radius 2 is 0.750 bits per heavy atom. The second-order valence-corrected chi connectivity index (χ2v) is 20.5. The van der Waals surface area contributed by atoms with E-state index >= 15 is 0 Å². The minimum atomic E-state index is -1.64. The highest BCUT2D eigenvalue weighted by atomic mass is 16.7. The molecule has 0 aromatic heterocycles. The predicted octanol–water partition coefficient (Wildman–Crippen LogP) is 16.5. The SMILES string of the molecule is CC/C=C\C/C=C\C/C=C\C/C=C\C/C=C\C/C=C\C/C=C\C/C=C\C/C=C\C/C=C\CCCCC(=O)OC(COC(=O)CCCCCCCCC/C=C\CCCCCCCCC)COC(OCC[N+](C)(C)C)C(=O)[O-]. The third-order valence-electron chi connectivity index (χ3n) is 12.1. The van der Waals surface area contributed by atoms with Gasteiger partial charge < -0.3 is 33.3 Å². The molecule has 76 heavy (non-hydrogen) atoms. The van der Waals surface area contributed by atoms with Crippen LogP contribution in [-0.4, -0.2) is 82.3 Å². The highest BCUT2D eigenvalue weighted by Gasteiger charge is 2.22. The number of hydrogen-bond donors (Lipinski definition) is 0. The molecule has 430 valence electrons. The Hall–Kier alpha value is -4.57. The Kier molecular flexibility index (Phi) is 53.2. The second-order valence-electron chi connectivity index (χ2n) is 20.5. The first-order valence-corrected chi connectivity index (χ1v) is 29.8. The number of allylic oxidation sites excluding steroid dienone is 22. The summed E-state index contributed by atoms with van der Waals surface area (Å²) in [6.45, 7) is 4.56. The molecule has 0 amide bonds. The number of esters is 2. The van der Waals surface area contributed by atoms with Gasteiger partial charge in [-0.3, -0.25) is 9.59 Å². The van der Waals surface area contributed by atoms with E-state index in [-0.39, 0.29) is 38.6 Å². The second kappa shape index (κ2) is 56.6. The zero-order valence-corrected chi connectivity index (χ0v) is 48.8. The van der Waals surface area contributed by atoms with Gasteiger partial charge in [0.05, 0.1) is 40.3 Å². The number of unbranched alkanes of at least 4 members (excludes halogenated alkanes) is 16. The standard InChI is InChI=1S/C67H109NO8/c1-6-8-10-12-14-16-18-20-22-24-26-27-28-29-30-31-32-33-34-35-36-37-38-39-40-42-44-46-48-50-52-54-56-58-65(70)76-63(62-75-67(66(71)72)73-60-59-68(3,4)5)61-74-64(69)57-55-53-51-49-47-45-43-41-25-23-21-19-17-15-13-11-9-7-2/h8,10,14,16,20,22-23,25-27,29-30,32-33,35-36,38-39,42,44,48,50,63,67H,6-7,9,11-13,15,17-19,21,24,28,31,34,37,40-41,43,45-47,49,51-62H2,1-5H3/b10-8-,16-14-,22-20-,25-23-,27-26-,30-29-,33-32-,36-35-,39-38-,44-42-,50-48-. The number of nitrogens with zero attached hydrogens (tertiary/aromatic N) is 1. The van der Waals surface area contributed by atoms with Crippen molar-refractivity contribution in [2.24, 2.45) is 0 Å². The quantitative estimate of drug-likeness (QED) is 0.0195. The average Bonchev–Trinajstić information content (AvgIpc) is 3.39. The summed E-state index contributed by atoms with van der Waals surface area (Å²) in [6.07, 6.45) is 77.9. The highest BCUT2D eigenvalue weighted by molar-refractivity contribution is 5.70.